The number of nitrogens with one attached hydrogen (secondary N) is 1. The Morgan fingerprint density at radius 1 is 1.50 bits per heavy atom. The molecule has 0 saturated carbocycles. The predicted octanol–water partition coefficient (Wildman–Crippen LogP) is 1.49. The molecule has 0 atom stereocenters. The van der Waals surface area contributed by atoms with Gasteiger partial charge in [-0.1, -0.05) is 12.1 Å². The molecule has 0 radical (unpaired) electrons. The third kappa shape index (κ3) is 1.44. The van der Waals surface area contributed by atoms with Crippen molar-refractivity contribution in [2.24, 2.45) is 0 Å². The van der Waals surface area contributed by atoms with E-state index in [4.69, 9.17) is 0 Å². The molecule has 64 valence electrons. The second-order valence-electron chi connectivity index (χ2n) is 2.52. The standard InChI is InChI=1S/C9H10FNO/c1-6-4-3-5-7(8(6)10)9(12)11-2/h3-5H,1-2H3,(H,11,12). The van der Waals surface area contributed by atoms with Crippen molar-refractivity contribution in [1.82, 2.24) is 5.32 Å². The lowest BCUT2D eigenvalue weighted by Gasteiger charge is -2.02. The van der Waals surface area contributed by atoms with Crippen molar-refractivity contribution in [2.45, 2.75) is 6.92 Å². The van der Waals surface area contributed by atoms with E-state index in [9.17, 15) is 9.18 Å². The molecule has 1 amide bonds. The van der Waals surface area contributed by atoms with Gasteiger partial charge in [-0.25, -0.2) is 4.39 Å². The summed E-state index contributed by atoms with van der Waals surface area (Å²) in [5.41, 5.74) is 0.577. The van der Waals surface area contributed by atoms with E-state index in [-0.39, 0.29) is 5.56 Å². The van der Waals surface area contributed by atoms with E-state index in [2.05, 4.69) is 5.32 Å². The molecule has 0 aliphatic rings. The normalized spacial score (nSPS) is 9.58. The van der Waals surface area contributed by atoms with Crippen molar-refractivity contribution in [3.63, 3.8) is 0 Å². The highest BCUT2D eigenvalue weighted by Crippen LogP contribution is 2.10. The Bertz CT molecular complexity index is 309. The number of carbonyl (C=O) groups excluding carboxylic acids is 1. The number of hydrogen-bond donors (Lipinski definition) is 1. The highest BCUT2D eigenvalue weighted by molar-refractivity contribution is 5.94. The fraction of sp³-hybridized carbons (Fsp3) is 0.222. The summed E-state index contributed by atoms with van der Waals surface area (Å²) >= 11 is 0. The van der Waals surface area contributed by atoms with Gasteiger partial charge in [0.05, 0.1) is 5.56 Å². The first kappa shape index (κ1) is 8.71. The SMILES string of the molecule is CNC(=O)c1cccc(C)c1F. The Morgan fingerprint density at radius 3 is 2.75 bits per heavy atom. The van der Waals surface area contributed by atoms with Gasteiger partial charge in [-0.2, -0.15) is 0 Å². The third-order valence-corrected chi connectivity index (χ3v) is 1.66. The van der Waals surface area contributed by atoms with Gasteiger partial charge in [-0.3, -0.25) is 4.79 Å². The van der Waals surface area contributed by atoms with Gasteiger partial charge in [0.25, 0.3) is 5.91 Å². The van der Waals surface area contributed by atoms with Crippen LogP contribution in [0, 0.1) is 12.7 Å². The Hall–Kier alpha value is -1.38. The van der Waals surface area contributed by atoms with Crippen LogP contribution >= 0.6 is 0 Å². The summed E-state index contributed by atoms with van der Waals surface area (Å²) < 4.78 is 13.2. The van der Waals surface area contributed by atoms with E-state index in [1.807, 2.05) is 0 Å². The Balaban J connectivity index is 3.16. The first-order valence-electron chi connectivity index (χ1n) is 3.64. The van der Waals surface area contributed by atoms with Crippen molar-refractivity contribution in [3.8, 4) is 0 Å². The van der Waals surface area contributed by atoms with Crippen LogP contribution in [0.5, 0.6) is 0 Å². The number of rotatable bonds is 1. The van der Waals surface area contributed by atoms with Crippen LogP contribution in [0.1, 0.15) is 15.9 Å². The molecule has 0 aliphatic heterocycles. The summed E-state index contributed by atoms with van der Waals surface area (Å²) in [6.45, 7) is 1.63. The van der Waals surface area contributed by atoms with Gasteiger partial charge in [-0.15, -0.1) is 0 Å². The summed E-state index contributed by atoms with van der Waals surface area (Å²) in [5, 5.41) is 2.37. The van der Waals surface area contributed by atoms with Gasteiger partial charge in [0.15, 0.2) is 0 Å². The fourth-order valence-electron chi connectivity index (χ4n) is 0.957. The molecular weight excluding hydrogens is 157 g/mol. The maximum absolute atomic E-state index is 13.2. The van der Waals surface area contributed by atoms with E-state index < -0.39 is 11.7 Å². The van der Waals surface area contributed by atoms with E-state index >= 15 is 0 Å². The zero-order valence-corrected chi connectivity index (χ0v) is 7.02. The molecule has 12 heavy (non-hydrogen) atoms. The lowest BCUT2D eigenvalue weighted by molar-refractivity contribution is 0.0959. The summed E-state index contributed by atoms with van der Waals surface area (Å²) in [6, 6.07) is 4.74. The molecular formula is C9H10FNO. The Labute approximate surface area is 70.4 Å². The second-order valence-corrected chi connectivity index (χ2v) is 2.52. The molecule has 0 saturated heterocycles. The van der Waals surface area contributed by atoms with Crippen molar-refractivity contribution in [3.05, 3.63) is 35.1 Å². The average Bonchev–Trinajstić information content (AvgIpc) is 2.08. The van der Waals surface area contributed by atoms with Gasteiger partial charge in [0.2, 0.25) is 0 Å². The maximum atomic E-state index is 13.2. The van der Waals surface area contributed by atoms with Crippen LogP contribution < -0.4 is 5.32 Å². The smallest absolute Gasteiger partial charge is 0.254 e. The van der Waals surface area contributed by atoms with Gasteiger partial charge in [0, 0.05) is 7.05 Å². The first-order chi connectivity index (χ1) is 5.66. The first-order valence-corrected chi connectivity index (χ1v) is 3.64. The minimum absolute atomic E-state index is 0.0949. The molecule has 1 N–H and O–H groups in total. The molecule has 0 fully saturated rings. The van der Waals surface area contributed by atoms with Crippen molar-refractivity contribution >= 4 is 5.91 Å². The highest BCUT2D eigenvalue weighted by Gasteiger charge is 2.10. The van der Waals surface area contributed by atoms with Crippen LogP contribution in [0.4, 0.5) is 4.39 Å². The number of benzene rings is 1. The van der Waals surface area contributed by atoms with Crippen LogP contribution in [0.25, 0.3) is 0 Å². The minimum atomic E-state index is -0.447. The van der Waals surface area contributed by atoms with Gasteiger partial charge in [0.1, 0.15) is 5.82 Å². The van der Waals surface area contributed by atoms with Crippen LogP contribution in [-0.4, -0.2) is 13.0 Å². The lowest BCUT2D eigenvalue weighted by atomic mass is 10.1. The van der Waals surface area contributed by atoms with Crippen LogP contribution in [0.2, 0.25) is 0 Å². The topological polar surface area (TPSA) is 29.1 Å². The van der Waals surface area contributed by atoms with E-state index in [0.29, 0.717) is 5.56 Å². The molecule has 0 aromatic heterocycles. The summed E-state index contributed by atoms with van der Waals surface area (Å²) in [6.07, 6.45) is 0. The molecule has 1 aromatic carbocycles. The molecule has 0 unspecified atom stereocenters. The van der Waals surface area contributed by atoms with Gasteiger partial charge in [-0.05, 0) is 18.6 Å². The number of carbonyl (C=O) groups is 1. The van der Waals surface area contributed by atoms with E-state index in [1.165, 1.54) is 13.1 Å². The molecule has 1 aromatic rings. The van der Waals surface area contributed by atoms with Gasteiger partial charge < -0.3 is 5.32 Å². The summed E-state index contributed by atoms with van der Waals surface area (Å²) in [7, 11) is 1.48. The third-order valence-electron chi connectivity index (χ3n) is 1.66. The molecule has 2 nitrogen and oxygen atoms in total. The fourth-order valence-corrected chi connectivity index (χ4v) is 0.957. The average molecular weight is 167 g/mol. The molecule has 3 heteroatoms. The van der Waals surface area contributed by atoms with E-state index in [1.54, 1.807) is 19.1 Å². The van der Waals surface area contributed by atoms with Crippen LogP contribution in [0.3, 0.4) is 0 Å². The number of halogens is 1. The van der Waals surface area contributed by atoms with Crippen LogP contribution in [-0.2, 0) is 0 Å². The Kier molecular flexibility index (Phi) is 2.43. The number of aryl methyl sites for hydroxylation is 1. The minimum Gasteiger partial charge on any atom is -0.355 e. The molecule has 0 spiro atoms. The second kappa shape index (κ2) is 3.34. The quantitative estimate of drug-likeness (QED) is 0.674. The van der Waals surface area contributed by atoms with Crippen molar-refractivity contribution in [2.75, 3.05) is 7.05 Å². The Morgan fingerprint density at radius 2 is 2.17 bits per heavy atom. The predicted molar refractivity (Wildman–Crippen MR) is 44.5 cm³/mol. The largest absolute Gasteiger partial charge is 0.355 e. The number of hydrogen-bond acceptors (Lipinski definition) is 1. The summed E-state index contributed by atoms with van der Waals surface area (Å²) in [4.78, 5) is 11.0. The van der Waals surface area contributed by atoms with E-state index in [0.717, 1.165) is 0 Å². The summed E-state index contributed by atoms with van der Waals surface area (Å²) in [5.74, 6) is -0.840. The van der Waals surface area contributed by atoms with Crippen LogP contribution in [0.15, 0.2) is 18.2 Å². The van der Waals surface area contributed by atoms with Crippen molar-refractivity contribution in [1.29, 1.82) is 0 Å². The molecule has 0 bridgehead atoms. The molecule has 0 heterocycles. The molecule has 0 aliphatic carbocycles. The van der Waals surface area contributed by atoms with Crippen molar-refractivity contribution < 1.29 is 9.18 Å². The lowest BCUT2D eigenvalue weighted by Crippen LogP contribution is -2.19. The highest BCUT2D eigenvalue weighted by atomic mass is 19.1. The zero-order valence-electron chi connectivity index (χ0n) is 7.02. The monoisotopic (exact) mass is 167 g/mol. The maximum Gasteiger partial charge on any atom is 0.254 e. The number of amides is 1. The molecule has 1 rings (SSSR count). The van der Waals surface area contributed by atoms with Gasteiger partial charge >= 0.3 is 0 Å². The zero-order chi connectivity index (χ0) is 9.14.